The summed E-state index contributed by atoms with van der Waals surface area (Å²) in [6.07, 6.45) is 8.68. The first kappa shape index (κ1) is 16.8. The zero-order chi connectivity index (χ0) is 16.6. The van der Waals surface area contributed by atoms with Gasteiger partial charge in [0.1, 0.15) is 0 Å². The predicted octanol–water partition coefficient (Wildman–Crippen LogP) is 6.06. The standard InChI is InChI=1S/C24H16N.Cr/c1-2-10-21-17(6-1)7-3-11-22(21)19-13-14-20(16-19)23-12-4-8-18-9-5-15-25-24(18)23;/h1-13,15H,14H2;/q-1;. The van der Waals surface area contributed by atoms with E-state index >= 15 is 0 Å². The molecule has 1 heterocycles. The smallest absolute Gasteiger partial charge is 0.0371 e. The van der Waals surface area contributed by atoms with E-state index in [0.29, 0.717) is 0 Å². The molecule has 0 N–H and O–H groups in total. The maximum absolute atomic E-state index is 4.59. The first-order valence-corrected chi connectivity index (χ1v) is 8.55. The zero-order valence-corrected chi connectivity index (χ0v) is 15.4. The molecule has 1 nitrogen and oxygen atoms in total. The molecule has 26 heavy (non-hydrogen) atoms. The Bertz CT molecular complexity index is 1160. The van der Waals surface area contributed by atoms with Crippen LogP contribution in [0.25, 0.3) is 32.8 Å². The second-order valence-corrected chi connectivity index (χ2v) is 6.33. The summed E-state index contributed by atoms with van der Waals surface area (Å²) in [7, 11) is 0. The molecule has 0 saturated heterocycles. The van der Waals surface area contributed by atoms with Crippen LogP contribution in [0.4, 0.5) is 0 Å². The molecule has 1 aromatic heterocycles. The quantitative estimate of drug-likeness (QED) is 0.391. The van der Waals surface area contributed by atoms with Crippen molar-refractivity contribution in [2.45, 2.75) is 6.42 Å². The monoisotopic (exact) mass is 370 g/mol. The van der Waals surface area contributed by atoms with Crippen LogP contribution in [0.3, 0.4) is 0 Å². The number of allylic oxidation sites excluding steroid dienone is 4. The number of fused-ring (bicyclic) bond motifs is 2. The molecule has 5 rings (SSSR count). The van der Waals surface area contributed by atoms with Crippen molar-refractivity contribution in [3.8, 4) is 0 Å². The van der Waals surface area contributed by atoms with Gasteiger partial charge in [0.15, 0.2) is 0 Å². The van der Waals surface area contributed by atoms with E-state index in [9.17, 15) is 0 Å². The fourth-order valence-corrected chi connectivity index (χ4v) is 3.63. The van der Waals surface area contributed by atoms with Gasteiger partial charge in [-0.05, 0) is 16.8 Å². The molecule has 0 atom stereocenters. The largest absolute Gasteiger partial charge is 0.266 e. The molecule has 0 fully saturated rings. The molecular formula is C24H16CrN-. The minimum Gasteiger partial charge on any atom is -0.266 e. The van der Waals surface area contributed by atoms with Gasteiger partial charge in [-0.3, -0.25) is 4.98 Å². The minimum absolute atomic E-state index is 0. The van der Waals surface area contributed by atoms with Crippen LogP contribution < -0.4 is 0 Å². The van der Waals surface area contributed by atoms with Gasteiger partial charge in [0.2, 0.25) is 0 Å². The summed E-state index contributed by atoms with van der Waals surface area (Å²) in [4.78, 5) is 4.59. The fraction of sp³-hybridized carbons (Fsp3) is 0.0417. The van der Waals surface area contributed by atoms with Crippen molar-refractivity contribution >= 4 is 32.8 Å². The maximum atomic E-state index is 4.59. The van der Waals surface area contributed by atoms with E-state index in [1.165, 1.54) is 38.4 Å². The van der Waals surface area contributed by atoms with Gasteiger partial charge < -0.3 is 0 Å². The van der Waals surface area contributed by atoms with Crippen molar-refractivity contribution in [3.63, 3.8) is 0 Å². The third-order valence-corrected chi connectivity index (χ3v) is 4.83. The van der Waals surface area contributed by atoms with Crippen molar-refractivity contribution in [2.75, 3.05) is 0 Å². The van der Waals surface area contributed by atoms with Gasteiger partial charge in [-0.1, -0.05) is 89.7 Å². The van der Waals surface area contributed by atoms with Gasteiger partial charge in [0.25, 0.3) is 0 Å². The molecule has 0 bridgehead atoms. The number of rotatable bonds is 2. The average molecular weight is 370 g/mol. The Morgan fingerprint density at radius 2 is 1.46 bits per heavy atom. The van der Waals surface area contributed by atoms with Crippen LogP contribution in [0.15, 0.2) is 85.1 Å². The molecule has 0 spiro atoms. The maximum Gasteiger partial charge on any atom is 0.0371 e. The third-order valence-electron chi connectivity index (χ3n) is 4.83. The summed E-state index contributed by atoms with van der Waals surface area (Å²) in [6, 6.07) is 25.5. The fourth-order valence-electron chi connectivity index (χ4n) is 3.63. The Labute approximate surface area is 163 Å². The summed E-state index contributed by atoms with van der Waals surface area (Å²) >= 11 is 0. The molecule has 0 aliphatic heterocycles. The number of aromatic nitrogens is 1. The van der Waals surface area contributed by atoms with Crippen LogP contribution in [0.2, 0.25) is 0 Å². The molecule has 1 aliphatic carbocycles. The summed E-state index contributed by atoms with van der Waals surface area (Å²) in [5.74, 6) is 0. The van der Waals surface area contributed by atoms with E-state index in [2.05, 4.69) is 83.9 Å². The van der Waals surface area contributed by atoms with Crippen LogP contribution >= 0.6 is 0 Å². The Morgan fingerprint density at radius 3 is 2.38 bits per heavy atom. The Hall–Kier alpha value is -2.66. The van der Waals surface area contributed by atoms with E-state index in [1.807, 2.05) is 12.3 Å². The van der Waals surface area contributed by atoms with E-state index in [-0.39, 0.29) is 17.4 Å². The number of nitrogens with zero attached hydrogens (tertiary/aromatic N) is 1. The van der Waals surface area contributed by atoms with Gasteiger partial charge in [-0.2, -0.15) is 6.08 Å². The van der Waals surface area contributed by atoms with Gasteiger partial charge in [-0.15, -0.1) is 17.2 Å². The van der Waals surface area contributed by atoms with Gasteiger partial charge in [-0.25, -0.2) is 0 Å². The average Bonchev–Trinajstić information content (AvgIpc) is 3.17. The summed E-state index contributed by atoms with van der Waals surface area (Å²) in [6.45, 7) is 0. The van der Waals surface area contributed by atoms with E-state index in [4.69, 9.17) is 0 Å². The Balaban J connectivity index is 0.00000168. The molecule has 2 heteroatoms. The topological polar surface area (TPSA) is 12.9 Å². The molecule has 4 aromatic rings. The van der Waals surface area contributed by atoms with Crippen molar-refractivity contribution < 1.29 is 17.4 Å². The van der Waals surface area contributed by atoms with Crippen LogP contribution in [-0.2, 0) is 17.4 Å². The van der Waals surface area contributed by atoms with Crippen LogP contribution in [0, 0.1) is 6.08 Å². The first-order valence-electron chi connectivity index (χ1n) is 8.55. The van der Waals surface area contributed by atoms with Crippen molar-refractivity contribution in [3.05, 3.63) is 102 Å². The van der Waals surface area contributed by atoms with E-state index in [0.717, 1.165) is 11.9 Å². The normalized spacial score (nSPS) is 13.4. The third kappa shape index (κ3) is 2.78. The number of hydrogen-bond acceptors (Lipinski definition) is 1. The Kier molecular flexibility index (Phi) is 4.47. The molecule has 3 aromatic carbocycles. The number of pyridine rings is 1. The molecule has 0 amide bonds. The second kappa shape index (κ2) is 6.92. The molecular weight excluding hydrogens is 354 g/mol. The van der Waals surface area contributed by atoms with E-state index in [1.54, 1.807) is 0 Å². The number of hydrogen-bond donors (Lipinski definition) is 0. The molecule has 1 aliphatic rings. The zero-order valence-electron chi connectivity index (χ0n) is 14.1. The number of para-hydroxylation sites is 1. The second-order valence-electron chi connectivity index (χ2n) is 6.33. The van der Waals surface area contributed by atoms with Crippen LogP contribution in [0.1, 0.15) is 17.5 Å². The summed E-state index contributed by atoms with van der Waals surface area (Å²) < 4.78 is 0. The van der Waals surface area contributed by atoms with Crippen molar-refractivity contribution in [2.24, 2.45) is 0 Å². The summed E-state index contributed by atoms with van der Waals surface area (Å²) in [5, 5.41) is 3.72. The SMILES string of the molecule is [C-]1=C(c2cccc3cccnc23)CC=C1c1cccc2ccccc12.[Cr]. The van der Waals surface area contributed by atoms with E-state index < -0.39 is 0 Å². The van der Waals surface area contributed by atoms with Crippen molar-refractivity contribution in [1.82, 2.24) is 4.98 Å². The van der Waals surface area contributed by atoms with Gasteiger partial charge in [0, 0.05) is 29.1 Å². The molecule has 0 saturated carbocycles. The van der Waals surface area contributed by atoms with Crippen LogP contribution in [0.5, 0.6) is 0 Å². The Morgan fingerprint density at radius 1 is 0.731 bits per heavy atom. The van der Waals surface area contributed by atoms with Gasteiger partial charge in [0.05, 0.1) is 0 Å². The van der Waals surface area contributed by atoms with Gasteiger partial charge >= 0.3 is 0 Å². The molecule has 0 radical (unpaired) electrons. The van der Waals surface area contributed by atoms with Crippen molar-refractivity contribution in [1.29, 1.82) is 0 Å². The predicted molar refractivity (Wildman–Crippen MR) is 105 cm³/mol. The molecule has 124 valence electrons. The van der Waals surface area contributed by atoms with Crippen LogP contribution in [-0.4, -0.2) is 4.98 Å². The first-order chi connectivity index (χ1) is 12.4. The molecule has 0 unspecified atom stereocenters. The minimum atomic E-state index is 0. The number of benzene rings is 3. The summed E-state index contributed by atoms with van der Waals surface area (Å²) in [5.41, 5.74) is 5.89.